The molecule has 0 aliphatic rings. The first kappa shape index (κ1) is 16.4. The van der Waals surface area contributed by atoms with Gasteiger partial charge in [-0.3, -0.25) is 9.52 Å². The van der Waals surface area contributed by atoms with Gasteiger partial charge in [-0.15, -0.1) is 0 Å². The van der Waals surface area contributed by atoms with E-state index in [9.17, 15) is 17.6 Å². The van der Waals surface area contributed by atoms with E-state index in [1.54, 1.807) is 12.1 Å². The zero-order valence-corrected chi connectivity index (χ0v) is 13.8. The van der Waals surface area contributed by atoms with E-state index >= 15 is 0 Å². The lowest BCUT2D eigenvalue weighted by Crippen LogP contribution is -2.14. The van der Waals surface area contributed by atoms with Gasteiger partial charge in [-0.1, -0.05) is 22.0 Å². The minimum Gasteiger partial charge on any atom is -0.326 e. The SMILES string of the molecule is CC(=O)Nc1ccc(F)c(NS(=O)(=O)c2cccc(Br)c2)c1. The first-order valence-corrected chi connectivity index (χ1v) is 8.41. The van der Waals surface area contributed by atoms with Gasteiger partial charge in [-0.05, 0) is 36.4 Å². The third-order valence-corrected chi connectivity index (χ3v) is 4.49. The Labute approximate surface area is 135 Å². The summed E-state index contributed by atoms with van der Waals surface area (Å²) in [4.78, 5) is 11.0. The molecule has 0 bridgehead atoms. The summed E-state index contributed by atoms with van der Waals surface area (Å²) in [6, 6.07) is 9.66. The van der Waals surface area contributed by atoms with Gasteiger partial charge >= 0.3 is 0 Å². The van der Waals surface area contributed by atoms with Gasteiger partial charge in [0, 0.05) is 17.1 Å². The molecule has 1 amide bonds. The van der Waals surface area contributed by atoms with E-state index in [0.717, 1.165) is 6.07 Å². The van der Waals surface area contributed by atoms with Crippen molar-refractivity contribution in [2.24, 2.45) is 0 Å². The minimum absolute atomic E-state index is 0.00814. The lowest BCUT2D eigenvalue weighted by molar-refractivity contribution is -0.114. The van der Waals surface area contributed by atoms with Gasteiger partial charge in [0.15, 0.2) is 0 Å². The first-order valence-electron chi connectivity index (χ1n) is 6.13. The van der Waals surface area contributed by atoms with Crippen LogP contribution in [-0.2, 0) is 14.8 Å². The number of carbonyl (C=O) groups excluding carboxylic acids is 1. The Morgan fingerprint density at radius 2 is 1.91 bits per heavy atom. The fourth-order valence-electron chi connectivity index (χ4n) is 1.72. The number of amides is 1. The van der Waals surface area contributed by atoms with Crippen molar-refractivity contribution in [3.8, 4) is 0 Å². The Morgan fingerprint density at radius 3 is 2.55 bits per heavy atom. The molecule has 2 aromatic carbocycles. The normalized spacial score (nSPS) is 11.0. The molecule has 0 aliphatic carbocycles. The highest BCUT2D eigenvalue weighted by atomic mass is 79.9. The topological polar surface area (TPSA) is 75.3 Å². The van der Waals surface area contributed by atoms with Crippen LogP contribution in [0.15, 0.2) is 51.8 Å². The molecule has 0 spiro atoms. The number of hydrogen-bond acceptors (Lipinski definition) is 3. The van der Waals surface area contributed by atoms with Crippen LogP contribution in [0, 0.1) is 5.82 Å². The minimum atomic E-state index is -3.94. The van der Waals surface area contributed by atoms with Gasteiger partial charge in [0.1, 0.15) is 5.82 Å². The lowest BCUT2D eigenvalue weighted by atomic mass is 10.2. The Hall–Kier alpha value is -1.93. The van der Waals surface area contributed by atoms with Crippen LogP contribution in [0.2, 0.25) is 0 Å². The van der Waals surface area contributed by atoms with Crippen LogP contribution in [0.5, 0.6) is 0 Å². The van der Waals surface area contributed by atoms with E-state index in [2.05, 4.69) is 26.0 Å². The number of hydrogen-bond donors (Lipinski definition) is 2. The van der Waals surface area contributed by atoms with E-state index in [0.29, 0.717) is 10.2 Å². The molecule has 0 fully saturated rings. The van der Waals surface area contributed by atoms with E-state index in [1.807, 2.05) is 0 Å². The highest BCUT2D eigenvalue weighted by Gasteiger charge is 2.17. The van der Waals surface area contributed by atoms with Gasteiger partial charge in [0.2, 0.25) is 5.91 Å². The van der Waals surface area contributed by atoms with Gasteiger partial charge in [-0.2, -0.15) is 0 Å². The molecular formula is C14H12BrFN2O3S. The number of anilines is 2. The number of halogens is 2. The molecule has 2 rings (SSSR count). The zero-order chi connectivity index (χ0) is 16.3. The summed E-state index contributed by atoms with van der Waals surface area (Å²) in [5, 5.41) is 2.46. The summed E-state index contributed by atoms with van der Waals surface area (Å²) < 4.78 is 41.0. The zero-order valence-electron chi connectivity index (χ0n) is 11.4. The fourth-order valence-corrected chi connectivity index (χ4v) is 3.38. The van der Waals surface area contributed by atoms with E-state index in [1.165, 1.54) is 31.2 Å². The predicted molar refractivity (Wildman–Crippen MR) is 85.7 cm³/mol. The van der Waals surface area contributed by atoms with Gasteiger partial charge in [-0.25, -0.2) is 12.8 Å². The third-order valence-electron chi connectivity index (χ3n) is 2.64. The molecule has 0 saturated carbocycles. The van der Waals surface area contributed by atoms with Crippen molar-refractivity contribution < 1.29 is 17.6 Å². The first-order chi connectivity index (χ1) is 10.3. The second-order valence-corrected chi connectivity index (χ2v) is 7.04. The lowest BCUT2D eigenvalue weighted by Gasteiger charge is -2.11. The summed E-state index contributed by atoms with van der Waals surface area (Å²) in [5.41, 5.74) is 0.0482. The van der Waals surface area contributed by atoms with Crippen LogP contribution < -0.4 is 10.0 Å². The van der Waals surface area contributed by atoms with E-state index in [-0.39, 0.29) is 16.5 Å². The van der Waals surface area contributed by atoms with Crippen molar-refractivity contribution in [3.05, 3.63) is 52.8 Å². The molecule has 0 unspecified atom stereocenters. The van der Waals surface area contributed by atoms with Gasteiger partial charge < -0.3 is 5.32 Å². The summed E-state index contributed by atoms with van der Waals surface area (Å²) in [6.45, 7) is 1.30. The number of benzene rings is 2. The maximum absolute atomic E-state index is 13.8. The van der Waals surface area contributed by atoms with Crippen LogP contribution >= 0.6 is 15.9 Å². The molecule has 22 heavy (non-hydrogen) atoms. The third kappa shape index (κ3) is 4.05. The predicted octanol–water partition coefficient (Wildman–Crippen LogP) is 3.35. The van der Waals surface area contributed by atoms with Crippen LogP contribution in [0.4, 0.5) is 15.8 Å². The summed E-state index contributed by atoms with van der Waals surface area (Å²) in [6.07, 6.45) is 0. The van der Waals surface area contributed by atoms with Crippen molar-refractivity contribution in [1.82, 2.24) is 0 Å². The molecular weight excluding hydrogens is 375 g/mol. The molecule has 0 heterocycles. The van der Waals surface area contributed by atoms with Crippen molar-refractivity contribution in [2.75, 3.05) is 10.0 Å². The smallest absolute Gasteiger partial charge is 0.262 e. The number of sulfonamides is 1. The molecule has 0 saturated heterocycles. The molecule has 0 atom stereocenters. The van der Waals surface area contributed by atoms with Crippen molar-refractivity contribution in [2.45, 2.75) is 11.8 Å². The van der Waals surface area contributed by atoms with Gasteiger partial charge in [0.05, 0.1) is 10.6 Å². The fraction of sp³-hybridized carbons (Fsp3) is 0.0714. The van der Waals surface area contributed by atoms with Crippen molar-refractivity contribution in [1.29, 1.82) is 0 Å². The quantitative estimate of drug-likeness (QED) is 0.845. The summed E-state index contributed by atoms with van der Waals surface area (Å²) in [5.74, 6) is -1.08. The van der Waals surface area contributed by atoms with Crippen LogP contribution in [0.25, 0.3) is 0 Å². The second kappa shape index (κ2) is 6.45. The Bertz CT molecular complexity index is 825. The summed E-state index contributed by atoms with van der Waals surface area (Å²) in [7, 11) is -3.94. The Kier molecular flexibility index (Phi) is 4.82. The molecule has 8 heteroatoms. The Morgan fingerprint density at radius 1 is 1.18 bits per heavy atom. The molecule has 116 valence electrons. The van der Waals surface area contributed by atoms with Crippen LogP contribution in [0.1, 0.15) is 6.92 Å². The van der Waals surface area contributed by atoms with Crippen molar-refractivity contribution >= 4 is 43.2 Å². The summed E-state index contributed by atoms with van der Waals surface area (Å²) >= 11 is 3.18. The molecule has 0 radical (unpaired) electrons. The monoisotopic (exact) mass is 386 g/mol. The van der Waals surface area contributed by atoms with Crippen molar-refractivity contribution in [3.63, 3.8) is 0 Å². The second-order valence-electron chi connectivity index (χ2n) is 4.44. The number of carbonyl (C=O) groups is 1. The van der Waals surface area contributed by atoms with Crippen LogP contribution in [0.3, 0.4) is 0 Å². The highest BCUT2D eigenvalue weighted by molar-refractivity contribution is 9.10. The average Bonchev–Trinajstić information content (AvgIpc) is 2.42. The Balaban J connectivity index is 2.35. The number of rotatable bonds is 4. The van der Waals surface area contributed by atoms with Gasteiger partial charge in [0.25, 0.3) is 10.0 Å². The molecule has 2 aromatic rings. The molecule has 5 nitrogen and oxygen atoms in total. The molecule has 2 N–H and O–H groups in total. The number of nitrogens with one attached hydrogen (secondary N) is 2. The van der Waals surface area contributed by atoms with E-state index < -0.39 is 15.8 Å². The maximum Gasteiger partial charge on any atom is 0.262 e. The van der Waals surface area contributed by atoms with Crippen LogP contribution in [-0.4, -0.2) is 14.3 Å². The highest BCUT2D eigenvalue weighted by Crippen LogP contribution is 2.24. The standard InChI is InChI=1S/C14H12BrFN2O3S/c1-9(19)17-11-5-6-13(16)14(8-11)18-22(20,21)12-4-2-3-10(15)7-12/h2-8,18H,1H3,(H,17,19). The molecule has 0 aliphatic heterocycles. The maximum atomic E-state index is 13.8. The average molecular weight is 387 g/mol. The molecule has 0 aromatic heterocycles. The van der Waals surface area contributed by atoms with E-state index in [4.69, 9.17) is 0 Å². The largest absolute Gasteiger partial charge is 0.326 e.